The van der Waals surface area contributed by atoms with Crippen molar-refractivity contribution in [2.45, 2.75) is 12.0 Å². The maximum atomic E-state index is 13.1. The molecule has 4 atom stereocenters. The van der Waals surface area contributed by atoms with Gasteiger partial charge in [-0.3, -0.25) is 9.59 Å². The quantitative estimate of drug-likeness (QED) is 0.488. The third-order valence-corrected chi connectivity index (χ3v) is 6.91. The third-order valence-electron chi connectivity index (χ3n) is 6.67. The number of carbonyl (C=O) groups is 2. The van der Waals surface area contributed by atoms with Crippen LogP contribution < -0.4 is 29.0 Å². The molecule has 1 N–H and O–H groups in total. The van der Waals surface area contributed by atoms with Crippen molar-refractivity contribution < 1.29 is 38.0 Å². The van der Waals surface area contributed by atoms with E-state index < -0.39 is 17.9 Å². The lowest BCUT2D eigenvalue weighted by atomic mass is 9.65. The van der Waals surface area contributed by atoms with Crippen molar-refractivity contribution in [3.05, 3.63) is 41.0 Å². The summed E-state index contributed by atoms with van der Waals surface area (Å²) >= 11 is 5.79. The Kier molecular flexibility index (Phi) is 5.81. The van der Waals surface area contributed by atoms with Gasteiger partial charge in [-0.2, -0.15) is 0 Å². The smallest absolute Gasteiger partial charge is 0.310 e. The summed E-state index contributed by atoms with van der Waals surface area (Å²) in [4.78, 5) is 25.4. The summed E-state index contributed by atoms with van der Waals surface area (Å²) in [5, 5.41) is 2.97. The number of esters is 1. The second-order valence-electron chi connectivity index (χ2n) is 8.27. The molecule has 2 aromatic carbocycles. The molecule has 1 amide bonds. The largest absolute Gasteiger partial charge is 0.493 e. The molecule has 10 heteroatoms. The number of methoxy groups -OCH3 is 3. The van der Waals surface area contributed by atoms with Crippen LogP contribution in [0.3, 0.4) is 0 Å². The van der Waals surface area contributed by atoms with Crippen LogP contribution in [-0.4, -0.2) is 52.5 Å². The van der Waals surface area contributed by atoms with E-state index in [1.165, 1.54) is 21.3 Å². The van der Waals surface area contributed by atoms with Crippen molar-refractivity contribution >= 4 is 23.5 Å². The van der Waals surface area contributed by atoms with E-state index in [2.05, 4.69) is 5.32 Å². The van der Waals surface area contributed by atoms with E-state index in [0.717, 1.165) is 16.7 Å². The first kappa shape index (κ1) is 22.5. The van der Waals surface area contributed by atoms with Crippen molar-refractivity contribution in [3.8, 4) is 28.7 Å². The number of amides is 1. The number of rotatable bonds is 6. The first-order valence-electron chi connectivity index (χ1n) is 10.8. The number of nitrogens with one attached hydrogen (secondary N) is 1. The molecular formula is C24H24ClNO8. The number of hydrogen-bond acceptors (Lipinski definition) is 8. The van der Waals surface area contributed by atoms with Crippen LogP contribution in [0.1, 0.15) is 28.7 Å². The molecule has 1 saturated heterocycles. The molecule has 0 radical (unpaired) electrons. The van der Waals surface area contributed by atoms with Gasteiger partial charge in [0.05, 0.1) is 39.9 Å². The van der Waals surface area contributed by atoms with E-state index in [4.69, 9.17) is 40.0 Å². The minimum atomic E-state index is -0.559. The molecule has 0 saturated carbocycles. The average molecular weight is 490 g/mol. The van der Waals surface area contributed by atoms with Crippen LogP contribution in [0.5, 0.6) is 28.7 Å². The number of alkyl halides is 1. The molecule has 2 heterocycles. The highest BCUT2D eigenvalue weighted by Gasteiger charge is 2.53. The predicted molar refractivity (Wildman–Crippen MR) is 120 cm³/mol. The van der Waals surface area contributed by atoms with Crippen LogP contribution in [0.15, 0.2) is 24.3 Å². The van der Waals surface area contributed by atoms with E-state index in [0.29, 0.717) is 28.7 Å². The Bertz CT molecular complexity index is 1130. The molecule has 0 aromatic heterocycles. The maximum absolute atomic E-state index is 13.1. The molecule has 34 heavy (non-hydrogen) atoms. The molecule has 180 valence electrons. The molecule has 2 aromatic rings. The Balaban J connectivity index is 1.73. The van der Waals surface area contributed by atoms with Crippen LogP contribution in [0, 0.1) is 11.8 Å². The summed E-state index contributed by atoms with van der Waals surface area (Å²) in [6.07, 6.45) is 0. The maximum Gasteiger partial charge on any atom is 0.310 e. The Morgan fingerprint density at radius 3 is 2.24 bits per heavy atom. The van der Waals surface area contributed by atoms with Crippen molar-refractivity contribution in [2.24, 2.45) is 11.8 Å². The lowest BCUT2D eigenvalue weighted by molar-refractivity contribution is -0.141. The van der Waals surface area contributed by atoms with Crippen LogP contribution in [0.4, 0.5) is 0 Å². The van der Waals surface area contributed by atoms with E-state index in [1.807, 2.05) is 24.3 Å². The van der Waals surface area contributed by atoms with Gasteiger partial charge in [-0.1, -0.05) is 0 Å². The zero-order valence-corrected chi connectivity index (χ0v) is 19.6. The molecule has 1 aliphatic carbocycles. The number of fused-ring (bicyclic) bond motifs is 3. The summed E-state index contributed by atoms with van der Waals surface area (Å²) in [6, 6.07) is 6.92. The Morgan fingerprint density at radius 2 is 1.65 bits per heavy atom. The molecule has 9 nitrogen and oxygen atoms in total. The van der Waals surface area contributed by atoms with E-state index in [1.54, 1.807) is 0 Å². The molecule has 0 spiro atoms. The van der Waals surface area contributed by atoms with Crippen LogP contribution in [-0.2, 0) is 14.3 Å². The normalized spacial score (nSPS) is 24.1. The number of carbonyl (C=O) groups excluding carboxylic acids is 2. The molecule has 3 aliphatic rings. The first-order valence-corrected chi connectivity index (χ1v) is 11.3. The first-order chi connectivity index (χ1) is 16.5. The Morgan fingerprint density at radius 1 is 1.00 bits per heavy atom. The Hall–Kier alpha value is -3.33. The van der Waals surface area contributed by atoms with Crippen LogP contribution in [0.2, 0.25) is 0 Å². The highest BCUT2D eigenvalue weighted by molar-refractivity contribution is 6.27. The fourth-order valence-electron chi connectivity index (χ4n) is 5.24. The molecule has 5 rings (SSSR count). The second-order valence-corrected chi connectivity index (χ2v) is 8.54. The SMILES string of the molecule is COc1cc(C2c3cc4c(cc3C(NC(=O)CCl)C3COC(=O)C23)OCO4)cc(OC)c1OC. The number of ether oxygens (including phenoxy) is 6. The standard InChI is InChI=1S/C24H24ClNO8/c1-29-17-4-11(5-18(30-2)23(17)31-3)20-12-6-15-16(34-10-33-15)7-13(12)22(26-19(27)8-25)14-9-32-24(28)21(14)20/h4-7,14,20-22H,8-10H2,1-3H3,(H,26,27). The topological polar surface area (TPSA) is 102 Å². The van der Waals surface area contributed by atoms with Gasteiger partial charge in [0.1, 0.15) is 5.88 Å². The number of hydrogen-bond donors (Lipinski definition) is 1. The summed E-state index contributed by atoms with van der Waals surface area (Å²) in [7, 11) is 4.61. The van der Waals surface area contributed by atoms with Gasteiger partial charge in [-0.15, -0.1) is 11.6 Å². The van der Waals surface area contributed by atoms with Gasteiger partial charge in [0.25, 0.3) is 0 Å². The zero-order valence-electron chi connectivity index (χ0n) is 18.9. The minimum Gasteiger partial charge on any atom is -0.493 e. The van der Waals surface area contributed by atoms with E-state index >= 15 is 0 Å². The fourth-order valence-corrected chi connectivity index (χ4v) is 5.32. The van der Waals surface area contributed by atoms with Gasteiger partial charge in [-0.05, 0) is 41.0 Å². The van der Waals surface area contributed by atoms with Crippen molar-refractivity contribution in [1.82, 2.24) is 5.32 Å². The zero-order chi connectivity index (χ0) is 24.0. The molecular weight excluding hydrogens is 466 g/mol. The highest BCUT2D eigenvalue weighted by atomic mass is 35.5. The van der Waals surface area contributed by atoms with E-state index in [-0.39, 0.29) is 37.1 Å². The van der Waals surface area contributed by atoms with Crippen molar-refractivity contribution in [2.75, 3.05) is 40.6 Å². The van der Waals surface area contributed by atoms with Gasteiger partial charge in [-0.25, -0.2) is 0 Å². The van der Waals surface area contributed by atoms with Gasteiger partial charge >= 0.3 is 5.97 Å². The van der Waals surface area contributed by atoms with Gasteiger partial charge in [0.15, 0.2) is 23.0 Å². The van der Waals surface area contributed by atoms with Crippen LogP contribution >= 0.6 is 11.6 Å². The number of benzene rings is 2. The van der Waals surface area contributed by atoms with Crippen molar-refractivity contribution in [1.29, 1.82) is 0 Å². The summed E-state index contributed by atoms with van der Waals surface area (Å²) in [5.74, 6) is 0.401. The molecule has 4 unspecified atom stereocenters. The number of halogens is 1. The lowest BCUT2D eigenvalue weighted by Crippen LogP contribution is -2.43. The van der Waals surface area contributed by atoms with Crippen molar-refractivity contribution in [3.63, 3.8) is 0 Å². The fraction of sp³-hybridized carbons (Fsp3) is 0.417. The predicted octanol–water partition coefficient (Wildman–Crippen LogP) is 2.77. The van der Waals surface area contributed by atoms with Gasteiger partial charge in [0, 0.05) is 11.8 Å². The molecule has 0 bridgehead atoms. The minimum absolute atomic E-state index is 0.0979. The molecule has 2 aliphatic heterocycles. The third kappa shape index (κ3) is 3.46. The second kappa shape index (κ2) is 8.79. The van der Waals surface area contributed by atoms with E-state index in [9.17, 15) is 9.59 Å². The monoisotopic (exact) mass is 489 g/mol. The summed E-state index contributed by atoms with van der Waals surface area (Å²) in [5.41, 5.74) is 2.42. The number of cyclic esters (lactones) is 1. The van der Waals surface area contributed by atoms with Gasteiger partial charge < -0.3 is 33.7 Å². The van der Waals surface area contributed by atoms with Crippen LogP contribution in [0.25, 0.3) is 0 Å². The summed E-state index contributed by atoms with van der Waals surface area (Å²) in [6.45, 7) is 0.270. The van der Waals surface area contributed by atoms with Gasteiger partial charge in [0.2, 0.25) is 18.4 Å². The highest BCUT2D eigenvalue weighted by Crippen LogP contribution is 2.55. The Labute approximate surface area is 201 Å². The average Bonchev–Trinajstić information content (AvgIpc) is 3.48. The molecule has 1 fully saturated rings. The lowest BCUT2D eigenvalue weighted by Gasteiger charge is -2.39. The summed E-state index contributed by atoms with van der Waals surface area (Å²) < 4.78 is 33.3.